The number of urea groups is 1. The van der Waals surface area contributed by atoms with Gasteiger partial charge in [0, 0.05) is 34.5 Å². The Labute approximate surface area is 273 Å². The molecule has 0 saturated carbocycles. The van der Waals surface area contributed by atoms with Gasteiger partial charge in [0.05, 0.1) is 12.2 Å². The highest BCUT2D eigenvalue weighted by atomic mass is 19.1. The molecule has 0 fully saturated rings. The summed E-state index contributed by atoms with van der Waals surface area (Å²) in [5.74, 6) is -2.56. The maximum Gasteiger partial charge on any atom is 0.328 e. The van der Waals surface area contributed by atoms with Crippen molar-refractivity contribution in [3.8, 4) is 11.3 Å². The number of carbonyl (C=O) groups is 2. The minimum absolute atomic E-state index is 0.0166. The first-order chi connectivity index (χ1) is 22.4. The summed E-state index contributed by atoms with van der Waals surface area (Å²) in [6, 6.07) is 13.1. The van der Waals surface area contributed by atoms with Gasteiger partial charge in [-0.25, -0.2) is 27.8 Å². The summed E-state index contributed by atoms with van der Waals surface area (Å²) in [5, 5.41) is 12.0. The molecule has 1 aliphatic rings. The number of hydrogen-bond acceptors (Lipinski definition) is 6. The molecule has 0 aliphatic carbocycles. The minimum atomic E-state index is -0.934. The lowest BCUT2D eigenvalue weighted by atomic mass is 9.97. The normalized spacial score (nSPS) is 12.4. The molecule has 3 amide bonds. The monoisotopic (exact) mass is 647 g/mol. The van der Waals surface area contributed by atoms with E-state index < -0.39 is 35.1 Å². The maximum atomic E-state index is 15.0. The van der Waals surface area contributed by atoms with Crippen LogP contribution in [0.1, 0.15) is 62.5 Å². The number of aryl methyl sites for hydroxylation is 1. The van der Waals surface area contributed by atoms with E-state index >= 15 is 8.78 Å². The molecule has 0 radical (unpaired) electrons. The molecule has 2 heterocycles. The Bertz CT molecular complexity index is 1720. The average molecular weight is 648 g/mol. The Morgan fingerprint density at radius 3 is 2.30 bits per heavy atom. The number of anilines is 4. The van der Waals surface area contributed by atoms with E-state index in [2.05, 4.69) is 47.0 Å². The van der Waals surface area contributed by atoms with Gasteiger partial charge in [0.15, 0.2) is 5.82 Å². The van der Waals surface area contributed by atoms with Crippen LogP contribution in [0.4, 0.5) is 41.1 Å². The number of fused-ring (bicyclic) bond motifs is 1. The molecule has 9 nitrogen and oxygen atoms in total. The topological polar surface area (TPSA) is 111 Å². The Kier molecular flexibility index (Phi) is 11.2. The molecule has 4 aromatic rings. The molecule has 5 rings (SSSR count). The van der Waals surface area contributed by atoms with Gasteiger partial charge in [-0.3, -0.25) is 4.79 Å². The van der Waals surface area contributed by atoms with Crippen LogP contribution >= 0.6 is 0 Å². The Morgan fingerprint density at radius 1 is 0.957 bits per heavy atom. The minimum Gasteiger partial charge on any atom is -0.354 e. The van der Waals surface area contributed by atoms with Crippen molar-refractivity contribution in [2.45, 2.75) is 60.0 Å². The van der Waals surface area contributed by atoms with Crippen molar-refractivity contribution in [1.82, 2.24) is 20.6 Å². The lowest BCUT2D eigenvalue weighted by molar-refractivity contribution is 0.102. The van der Waals surface area contributed by atoms with Crippen molar-refractivity contribution in [3.63, 3.8) is 0 Å². The predicted molar refractivity (Wildman–Crippen MR) is 180 cm³/mol. The first kappa shape index (κ1) is 34.9. The average Bonchev–Trinajstić information content (AvgIpc) is 3.03. The number of hydrogen-bond donors (Lipinski definition) is 4. The third kappa shape index (κ3) is 8.44. The van der Waals surface area contributed by atoms with E-state index in [4.69, 9.17) is 4.98 Å². The van der Waals surface area contributed by atoms with Crippen LogP contribution in [0.15, 0.2) is 60.7 Å². The van der Waals surface area contributed by atoms with Crippen molar-refractivity contribution in [1.29, 1.82) is 0 Å². The number of aromatic nitrogens is 2. The Morgan fingerprint density at radius 2 is 1.64 bits per heavy atom. The highest BCUT2D eigenvalue weighted by molar-refractivity contribution is 6.05. The summed E-state index contributed by atoms with van der Waals surface area (Å²) in [5.41, 5.74) is 2.21. The quantitative estimate of drug-likeness (QED) is 0.139. The largest absolute Gasteiger partial charge is 0.354 e. The molecule has 3 aromatic carbocycles. The van der Waals surface area contributed by atoms with Crippen molar-refractivity contribution in [3.05, 3.63) is 94.8 Å². The van der Waals surface area contributed by atoms with Gasteiger partial charge in [-0.15, -0.1) is 0 Å². The second kappa shape index (κ2) is 15.1. The fourth-order valence-electron chi connectivity index (χ4n) is 4.88. The fraction of sp³-hybridized carbons (Fsp3) is 0.314. The molecule has 47 heavy (non-hydrogen) atoms. The van der Waals surface area contributed by atoms with E-state index in [1.807, 2.05) is 20.8 Å². The van der Waals surface area contributed by atoms with Gasteiger partial charge >= 0.3 is 6.03 Å². The molecule has 12 heteroatoms. The molecule has 0 spiro atoms. The van der Waals surface area contributed by atoms with Crippen LogP contribution in [0.5, 0.6) is 0 Å². The third-order valence-electron chi connectivity index (χ3n) is 7.13. The van der Waals surface area contributed by atoms with Gasteiger partial charge in [-0.1, -0.05) is 26.0 Å². The second-order valence-electron chi connectivity index (χ2n) is 11.7. The predicted octanol–water partition coefficient (Wildman–Crippen LogP) is 7.70. The van der Waals surface area contributed by atoms with E-state index in [0.717, 1.165) is 29.0 Å². The molecular formula is C35H40F3N7O2. The van der Waals surface area contributed by atoms with Crippen molar-refractivity contribution < 1.29 is 22.8 Å². The van der Waals surface area contributed by atoms with Gasteiger partial charge < -0.3 is 21.3 Å². The van der Waals surface area contributed by atoms with Gasteiger partial charge in [-0.05, 0) is 94.8 Å². The van der Waals surface area contributed by atoms with E-state index in [1.165, 1.54) is 30.3 Å². The van der Waals surface area contributed by atoms with Crippen molar-refractivity contribution in [2.24, 2.45) is 0 Å². The lowest BCUT2D eigenvalue weighted by Gasteiger charge is -2.31. The number of amides is 3. The Hall–Kier alpha value is -4.97. The van der Waals surface area contributed by atoms with Gasteiger partial charge in [0.2, 0.25) is 5.95 Å². The lowest BCUT2D eigenvalue weighted by Crippen LogP contribution is -2.43. The first-order valence-corrected chi connectivity index (χ1v) is 15.5. The summed E-state index contributed by atoms with van der Waals surface area (Å²) < 4.78 is 43.4. The zero-order chi connectivity index (χ0) is 34.3. The van der Waals surface area contributed by atoms with Crippen LogP contribution in [-0.2, 0) is 6.54 Å². The summed E-state index contributed by atoms with van der Waals surface area (Å²) >= 11 is 0. The molecule has 0 saturated heterocycles. The van der Waals surface area contributed by atoms with Crippen LogP contribution in [0.25, 0.3) is 11.3 Å². The SMILES string of the molecule is CC.Cc1ccc(C(=O)Nc2ccc(F)cc2)cc1-c1nc(NCCCNC(C)(C)C)nc2c1CNC(=O)N2c1c(F)cccc1F. The number of halogens is 3. The third-order valence-corrected chi connectivity index (χ3v) is 7.13. The smallest absolute Gasteiger partial charge is 0.328 e. The fourth-order valence-corrected chi connectivity index (χ4v) is 4.88. The number of rotatable bonds is 9. The molecular weight excluding hydrogens is 607 g/mol. The molecule has 0 unspecified atom stereocenters. The summed E-state index contributed by atoms with van der Waals surface area (Å²) in [4.78, 5) is 36.5. The number of nitrogens with zero attached hydrogens (tertiary/aromatic N) is 3. The number of benzene rings is 3. The van der Waals surface area contributed by atoms with E-state index in [0.29, 0.717) is 41.2 Å². The molecule has 248 valence electrons. The van der Waals surface area contributed by atoms with Gasteiger partial charge in [0.1, 0.15) is 23.1 Å². The summed E-state index contributed by atoms with van der Waals surface area (Å²) in [6.07, 6.45) is 0.720. The molecule has 0 bridgehead atoms. The number of nitrogens with one attached hydrogen (secondary N) is 4. The molecule has 4 N–H and O–H groups in total. The maximum absolute atomic E-state index is 15.0. The first-order valence-electron chi connectivity index (χ1n) is 15.5. The number of carbonyl (C=O) groups excluding carboxylic acids is 2. The highest BCUT2D eigenvalue weighted by Gasteiger charge is 2.34. The van der Waals surface area contributed by atoms with Crippen LogP contribution in [0, 0.1) is 24.4 Å². The van der Waals surface area contributed by atoms with E-state index in [9.17, 15) is 14.0 Å². The van der Waals surface area contributed by atoms with Crippen LogP contribution in [0.2, 0.25) is 0 Å². The summed E-state index contributed by atoms with van der Waals surface area (Å²) in [6.45, 7) is 13.2. The zero-order valence-corrected chi connectivity index (χ0v) is 27.4. The van der Waals surface area contributed by atoms with Crippen molar-refractivity contribution in [2.75, 3.05) is 28.6 Å². The number of para-hydroxylation sites is 1. The van der Waals surface area contributed by atoms with Gasteiger partial charge in [0.25, 0.3) is 5.91 Å². The summed E-state index contributed by atoms with van der Waals surface area (Å²) in [7, 11) is 0. The molecule has 1 aromatic heterocycles. The standard InChI is InChI=1S/C33H34F3N7O2.C2H6/c1-19-9-10-20(30(44)40-22-13-11-21(34)12-14-22)17-23(19)27-24-18-38-32(45)43(28-25(35)7-5-8-26(28)36)29(24)42-31(41-27)37-15-6-16-39-33(2,3)4;1-2/h5,7-14,17,39H,6,15-16,18H2,1-4H3,(H,38,45)(H,40,44)(H,37,41,42);1-2H3. The highest BCUT2D eigenvalue weighted by Crippen LogP contribution is 2.39. The van der Waals surface area contributed by atoms with Crippen LogP contribution < -0.4 is 26.2 Å². The van der Waals surface area contributed by atoms with E-state index in [-0.39, 0.29) is 23.8 Å². The van der Waals surface area contributed by atoms with E-state index in [1.54, 1.807) is 18.2 Å². The molecule has 0 atom stereocenters. The second-order valence-corrected chi connectivity index (χ2v) is 11.7. The van der Waals surface area contributed by atoms with Crippen molar-refractivity contribution >= 4 is 35.1 Å². The zero-order valence-electron chi connectivity index (χ0n) is 27.4. The Balaban J connectivity index is 0.00000245. The van der Waals surface area contributed by atoms with Crippen LogP contribution in [-0.4, -0.2) is 40.5 Å². The van der Waals surface area contributed by atoms with Gasteiger partial charge in [-0.2, -0.15) is 4.98 Å². The van der Waals surface area contributed by atoms with Crippen LogP contribution in [0.3, 0.4) is 0 Å². The molecule has 1 aliphatic heterocycles.